The number of aromatic hydroxyl groups is 1. The number of hydrogen-bond acceptors (Lipinski definition) is 4. The van der Waals surface area contributed by atoms with E-state index in [4.69, 9.17) is 0 Å². The van der Waals surface area contributed by atoms with E-state index in [0.717, 1.165) is 37.3 Å². The normalized spacial score (nSPS) is 18.6. The minimum absolute atomic E-state index is 0.104. The van der Waals surface area contributed by atoms with Crippen molar-refractivity contribution in [1.82, 2.24) is 10.2 Å². The molecule has 1 aliphatic heterocycles. The Balaban J connectivity index is 2.71. The molecule has 0 bridgehead atoms. The molecule has 4 heteroatoms. The highest BCUT2D eigenvalue weighted by Gasteiger charge is 2.38. The number of piperazine rings is 1. The van der Waals surface area contributed by atoms with Crippen LogP contribution in [0.2, 0.25) is 0 Å². The van der Waals surface area contributed by atoms with Crippen LogP contribution in [0.5, 0.6) is 5.75 Å². The Morgan fingerprint density at radius 2 is 1.37 bits per heavy atom. The van der Waals surface area contributed by atoms with E-state index in [1.54, 1.807) is 0 Å². The molecule has 1 aromatic rings. The molecule has 1 fully saturated rings. The highest BCUT2D eigenvalue weighted by atomic mass is 16.3. The van der Waals surface area contributed by atoms with Gasteiger partial charge in [0, 0.05) is 44.2 Å². The van der Waals surface area contributed by atoms with Crippen molar-refractivity contribution in [2.24, 2.45) is 5.41 Å². The Hall–Kier alpha value is -1.10. The van der Waals surface area contributed by atoms with E-state index in [0.29, 0.717) is 5.75 Å². The minimum atomic E-state index is -0.279. The molecule has 0 aromatic heterocycles. The third kappa shape index (κ3) is 4.85. The van der Waals surface area contributed by atoms with E-state index in [1.807, 2.05) is 0 Å². The van der Waals surface area contributed by atoms with Crippen LogP contribution >= 0.6 is 0 Å². The molecule has 1 heterocycles. The third-order valence-corrected chi connectivity index (χ3v) is 5.73. The quantitative estimate of drug-likeness (QED) is 0.745. The standard InChI is InChI=1S/C23H40N2O2/c1-21(2,3)17-13-16(14-18(19(17)27)22(4,5)6)20(23(7,8)15-26)25-11-9-24-10-12-25/h13-14,20,24,26-27H,9-12,15H2,1-8H3/t20-/m0/s1. The van der Waals surface area contributed by atoms with E-state index in [1.165, 1.54) is 5.56 Å². The Bertz CT molecular complexity index is 612. The van der Waals surface area contributed by atoms with Crippen LogP contribution in [-0.2, 0) is 10.8 Å². The lowest BCUT2D eigenvalue weighted by atomic mass is 9.74. The molecule has 1 aliphatic rings. The number of rotatable bonds is 4. The van der Waals surface area contributed by atoms with Crippen LogP contribution in [0.25, 0.3) is 0 Å². The second-order valence-electron chi connectivity index (χ2n) is 10.8. The molecular formula is C23H40N2O2. The molecule has 0 spiro atoms. The van der Waals surface area contributed by atoms with Gasteiger partial charge in [-0.1, -0.05) is 55.4 Å². The Morgan fingerprint density at radius 3 is 1.74 bits per heavy atom. The summed E-state index contributed by atoms with van der Waals surface area (Å²) in [7, 11) is 0. The molecule has 3 N–H and O–H groups in total. The van der Waals surface area contributed by atoms with Gasteiger partial charge < -0.3 is 15.5 Å². The number of aliphatic hydroxyl groups excluding tert-OH is 1. The summed E-state index contributed by atoms with van der Waals surface area (Å²) in [6.07, 6.45) is 0. The second kappa shape index (κ2) is 7.73. The van der Waals surface area contributed by atoms with Gasteiger partial charge in [-0.15, -0.1) is 0 Å². The van der Waals surface area contributed by atoms with Crippen molar-refractivity contribution in [3.63, 3.8) is 0 Å². The van der Waals surface area contributed by atoms with Gasteiger partial charge in [0.05, 0.1) is 0 Å². The first-order chi connectivity index (χ1) is 12.3. The molecule has 1 aromatic carbocycles. The zero-order valence-corrected chi connectivity index (χ0v) is 18.6. The number of hydrogen-bond donors (Lipinski definition) is 3. The van der Waals surface area contributed by atoms with Crippen molar-refractivity contribution in [3.05, 3.63) is 28.8 Å². The first-order valence-electron chi connectivity index (χ1n) is 10.2. The van der Waals surface area contributed by atoms with Crippen LogP contribution < -0.4 is 5.32 Å². The summed E-state index contributed by atoms with van der Waals surface area (Å²) in [6, 6.07) is 4.45. The van der Waals surface area contributed by atoms with Gasteiger partial charge in [0.1, 0.15) is 5.75 Å². The van der Waals surface area contributed by atoms with Crippen molar-refractivity contribution in [2.75, 3.05) is 32.8 Å². The fraction of sp³-hybridized carbons (Fsp3) is 0.739. The van der Waals surface area contributed by atoms with Crippen molar-refractivity contribution in [1.29, 1.82) is 0 Å². The van der Waals surface area contributed by atoms with Crippen LogP contribution in [0, 0.1) is 5.41 Å². The maximum atomic E-state index is 11.1. The monoisotopic (exact) mass is 376 g/mol. The molecule has 27 heavy (non-hydrogen) atoms. The summed E-state index contributed by atoms with van der Waals surface area (Å²) in [5.41, 5.74) is 2.58. The SMILES string of the molecule is CC(C)(C)c1cc([C@H](N2CCNCC2)C(C)(C)CO)cc(C(C)(C)C)c1O. The topological polar surface area (TPSA) is 55.7 Å². The largest absolute Gasteiger partial charge is 0.507 e. The summed E-state index contributed by atoms with van der Waals surface area (Å²) in [5, 5.41) is 24.7. The van der Waals surface area contributed by atoms with Gasteiger partial charge in [0.2, 0.25) is 0 Å². The molecule has 0 aliphatic carbocycles. The predicted octanol–water partition coefficient (Wildman–Crippen LogP) is 3.95. The minimum Gasteiger partial charge on any atom is -0.507 e. The summed E-state index contributed by atoms with van der Waals surface area (Å²) < 4.78 is 0. The zero-order chi connectivity index (χ0) is 20.6. The lowest BCUT2D eigenvalue weighted by Gasteiger charge is -2.44. The molecule has 0 saturated carbocycles. The van der Waals surface area contributed by atoms with Crippen LogP contribution in [-0.4, -0.2) is 47.9 Å². The average molecular weight is 377 g/mol. The number of aliphatic hydroxyl groups is 1. The lowest BCUT2D eigenvalue weighted by Crippen LogP contribution is -2.49. The number of phenolic OH excluding ortho intramolecular Hbond substituents is 1. The van der Waals surface area contributed by atoms with Crippen molar-refractivity contribution in [2.45, 2.75) is 72.3 Å². The zero-order valence-electron chi connectivity index (χ0n) is 18.6. The van der Waals surface area contributed by atoms with E-state index >= 15 is 0 Å². The first kappa shape index (κ1) is 22.2. The van der Waals surface area contributed by atoms with Gasteiger partial charge in [-0.3, -0.25) is 4.90 Å². The molecule has 4 nitrogen and oxygen atoms in total. The molecule has 0 radical (unpaired) electrons. The van der Waals surface area contributed by atoms with Gasteiger partial charge >= 0.3 is 0 Å². The number of nitrogens with one attached hydrogen (secondary N) is 1. The number of benzene rings is 1. The molecule has 0 amide bonds. The Kier molecular flexibility index (Phi) is 6.35. The maximum Gasteiger partial charge on any atom is 0.123 e. The lowest BCUT2D eigenvalue weighted by molar-refractivity contribution is 0.0303. The van der Waals surface area contributed by atoms with Crippen LogP contribution in [0.15, 0.2) is 12.1 Å². The number of phenols is 1. The van der Waals surface area contributed by atoms with E-state index in [9.17, 15) is 10.2 Å². The van der Waals surface area contributed by atoms with Crippen LogP contribution in [0.1, 0.15) is 78.1 Å². The van der Waals surface area contributed by atoms with Crippen molar-refractivity contribution < 1.29 is 10.2 Å². The molecular weight excluding hydrogens is 336 g/mol. The van der Waals surface area contributed by atoms with Gasteiger partial charge in [0.15, 0.2) is 0 Å². The van der Waals surface area contributed by atoms with Crippen molar-refractivity contribution in [3.8, 4) is 5.75 Å². The summed E-state index contributed by atoms with van der Waals surface area (Å²) in [5.74, 6) is 0.416. The second-order valence-corrected chi connectivity index (χ2v) is 10.8. The highest BCUT2D eigenvalue weighted by molar-refractivity contribution is 5.50. The van der Waals surface area contributed by atoms with Crippen LogP contribution in [0.3, 0.4) is 0 Å². The maximum absolute atomic E-state index is 11.1. The molecule has 1 atom stereocenters. The van der Waals surface area contributed by atoms with Crippen LogP contribution in [0.4, 0.5) is 0 Å². The summed E-state index contributed by atoms with van der Waals surface area (Å²) in [4.78, 5) is 2.48. The summed E-state index contributed by atoms with van der Waals surface area (Å²) >= 11 is 0. The predicted molar refractivity (Wildman–Crippen MR) is 114 cm³/mol. The fourth-order valence-electron chi connectivity index (χ4n) is 4.14. The van der Waals surface area contributed by atoms with Gasteiger partial charge in [-0.25, -0.2) is 0 Å². The molecule has 1 saturated heterocycles. The Labute approximate surface area is 166 Å². The smallest absolute Gasteiger partial charge is 0.123 e. The van der Waals surface area contributed by atoms with E-state index in [-0.39, 0.29) is 28.9 Å². The van der Waals surface area contributed by atoms with E-state index < -0.39 is 0 Å². The molecule has 2 rings (SSSR count). The highest BCUT2D eigenvalue weighted by Crippen LogP contribution is 2.45. The summed E-state index contributed by atoms with van der Waals surface area (Å²) in [6.45, 7) is 21.1. The third-order valence-electron chi connectivity index (χ3n) is 5.73. The fourth-order valence-corrected chi connectivity index (χ4v) is 4.14. The molecule has 154 valence electrons. The van der Waals surface area contributed by atoms with Gasteiger partial charge in [0.25, 0.3) is 0 Å². The Morgan fingerprint density at radius 1 is 0.926 bits per heavy atom. The van der Waals surface area contributed by atoms with Gasteiger partial charge in [-0.2, -0.15) is 0 Å². The molecule has 0 unspecified atom stereocenters. The number of nitrogens with zero attached hydrogens (tertiary/aromatic N) is 1. The first-order valence-corrected chi connectivity index (χ1v) is 10.2. The average Bonchev–Trinajstić information content (AvgIpc) is 2.55. The van der Waals surface area contributed by atoms with Gasteiger partial charge in [-0.05, 0) is 39.7 Å². The van der Waals surface area contributed by atoms with E-state index in [2.05, 4.69) is 77.7 Å². The van der Waals surface area contributed by atoms with Crippen molar-refractivity contribution >= 4 is 0 Å².